The molecule has 0 aliphatic carbocycles. The van der Waals surface area contributed by atoms with Crippen LogP contribution in [0.15, 0.2) is 42.5 Å². The predicted octanol–water partition coefficient (Wildman–Crippen LogP) is 3.17. The molecule has 18 heavy (non-hydrogen) atoms. The number of aryl methyl sites for hydroxylation is 1. The van der Waals surface area contributed by atoms with Gasteiger partial charge in [0.1, 0.15) is 5.75 Å². The maximum absolute atomic E-state index is 5.67. The molecular formula is C16H19NO. The standard InChI is InChI=1S/C16H19NO/c1-12-3-4-14(9-10-17)16(11-12)13-5-7-15(18-2)8-6-13/h3-8,11H,9-10,17H2,1-2H3. The van der Waals surface area contributed by atoms with Crippen molar-refractivity contribution in [2.75, 3.05) is 13.7 Å². The first-order valence-electron chi connectivity index (χ1n) is 6.18. The predicted molar refractivity (Wildman–Crippen MR) is 75.9 cm³/mol. The van der Waals surface area contributed by atoms with Crippen LogP contribution in [0.2, 0.25) is 0 Å². The van der Waals surface area contributed by atoms with Crippen LogP contribution in [0.25, 0.3) is 11.1 Å². The number of hydrogen-bond donors (Lipinski definition) is 1. The van der Waals surface area contributed by atoms with Crippen LogP contribution in [0.3, 0.4) is 0 Å². The number of ether oxygens (including phenoxy) is 1. The molecule has 0 unspecified atom stereocenters. The molecule has 0 heterocycles. The summed E-state index contributed by atoms with van der Waals surface area (Å²) >= 11 is 0. The Hall–Kier alpha value is -1.80. The lowest BCUT2D eigenvalue weighted by molar-refractivity contribution is 0.415. The number of benzene rings is 2. The maximum Gasteiger partial charge on any atom is 0.118 e. The third kappa shape index (κ3) is 2.71. The normalized spacial score (nSPS) is 10.4. The number of nitrogens with two attached hydrogens (primary N) is 1. The average molecular weight is 241 g/mol. The minimum Gasteiger partial charge on any atom is -0.497 e. The summed E-state index contributed by atoms with van der Waals surface area (Å²) in [4.78, 5) is 0. The van der Waals surface area contributed by atoms with Crippen molar-refractivity contribution in [3.05, 3.63) is 53.6 Å². The van der Waals surface area contributed by atoms with E-state index >= 15 is 0 Å². The van der Waals surface area contributed by atoms with Crippen molar-refractivity contribution in [3.63, 3.8) is 0 Å². The van der Waals surface area contributed by atoms with E-state index in [-0.39, 0.29) is 0 Å². The largest absolute Gasteiger partial charge is 0.497 e. The van der Waals surface area contributed by atoms with Gasteiger partial charge in [-0.05, 0) is 48.7 Å². The molecule has 0 saturated carbocycles. The van der Waals surface area contributed by atoms with Crippen molar-refractivity contribution >= 4 is 0 Å². The molecule has 0 fully saturated rings. The van der Waals surface area contributed by atoms with Crippen molar-refractivity contribution in [3.8, 4) is 16.9 Å². The minimum absolute atomic E-state index is 0.673. The van der Waals surface area contributed by atoms with Gasteiger partial charge < -0.3 is 10.5 Å². The van der Waals surface area contributed by atoms with E-state index in [1.54, 1.807) is 7.11 Å². The van der Waals surface area contributed by atoms with E-state index in [2.05, 4.69) is 37.3 Å². The minimum atomic E-state index is 0.673. The Morgan fingerprint density at radius 3 is 2.39 bits per heavy atom. The molecule has 2 heteroatoms. The first-order chi connectivity index (χ1) is 8.74. The fourth-order valence-electron chi connectivity index (χ4n) is 2.10. The van der Waals surface area contributed by atoms with E-state index in [4.69, 9.17) is 10.5 Å². The molecule has 0 aliphatic rings. The molecule has 2 nitrogen and oxygen atoms in total. The van der Waals surface area contributed by atoms with Gasteiger partial charge in [0.2, 0.25) is 0 Å². The van der Waals surface area contributed by atoms with E-state index in [0.717, 1.165) is 12.2 Å². The Bertz CT molecular complexity index is 517. The van der Waals surface area contributed by atoms with Gasteiger partial charge in [0.25, 0.3) is 0 Å². The van der Waals surface area contributed by atoms with Gasteiger partial charge in [-0.15, -0.1) is 0 Å². The summed E-state index contributed by atoms with van der Waals surface area (Å²) in [5.74, 6) is 0.881. The van der Waals surface area contributed by atoms with Crippen LogP contribution in [-0.4, -0.2) is 13.7 Å². The van der Waals surface area contributed by atoms with E-state index in [1.807, 2.05) is 12.1 Å². The van der Waals surface area contributed by atoms with Gasteiger partial charge in [-0.25, -0.2) is 0 Å². The second kappa shape index (κ2) is 5.69. The Morgan fingerprint density at radius 2 is 1.78 bits per heavy atom. The molecule has 2 aromatic rings. The Balaban J connectivity index is 2.43. The molecule has 0 radical (unpaired) electrons. The van der Waals surface area contributed by atoms with Crippen molar-refractivity contribution in [1.29, 1.82) is 0 Å². The fraction of sp³-hybridized carbons (Fsp3) is 0.250. The molecule has 0 bridgehead atoms. The van der Waals surface area contributed by atoms with Gasteiger partial charge in [-0.2, -0.15) is 0 Å². The molecule has 0 amide bonds. The molecule has 0 spiro atoms. The molecule has 2 rings (SSSR count). The first-order valence-corrected chi connectivity index (χ1v) is 6.18. The third-order valence-corrected chi connectivity index (χ3v) is 3.08. The third-order valence-electron chi connectivity index (χ3n) is 3.08. The van der Waals surface area contributed by atoms with E-state index in [1.165, 1.54) is 22.3 Å². The summed E-state index contributed by atoms with van der Waals surface area (Å²) in [5.41, 5.74) is 10.7. The van der Waals surface area contributed by atoms with E-state index in [0.29, 0.717) is 6.54 Å². The average Bonchev–Trinajstić information content (AvgIpc) is 2.41. The highest BCUT2D eigenvalue weighted by molar-refractivity contribution is 5.68. The van der Waals surface area contributed by atoms with Crippen LogP contribution in [0.1, 0.15) is 11.1 Å². The quantitative estimate of drug-likeness (QED) is 0.892. The van der Waals surface area contributed by atoms with Gasteiger partial charge in [-0.1, -0.05) is 35.9 Å². The Kier molecular flexibility index (Phi) is 4.00. The zero-order valence-corrected chi connectivity index (χ0v) is 10.9. The molecule has 2 aromatic carbocycles. The second-order valence-electron chi connectivity index (χ2n) is 4.43. The highest BCUT2D eigenvalue weighted by Gasteiger charge is 2.05. The topological polar surface area (TPSA) is 35.2 Å². The molecule has 0 aliphatic heterocycles. The fourth-order valence-corrected chi connectivity index (χ4v) is 2.10. The van der Waals surface area contributed by atoms with Crippen molar-refractivity contribution < 1.29 is 4.74 Å². The van der Waals surface area contributed by atoms with Gasteiger partial charge in [0.15, 0.2) is 0 Å². The summed E-state index contributed by atoms with van der Waals surface area (Å²) in [6.07, 6.45) is 0.904. The lowest BCUT2D eigenvalue weighted by Crippen LogP contribution is -2.04. The lowest BCUT2D eigenvalue weighted by Gasteiger charge is -2.11. The van der Waals surface area contributed by atoms with Crippen LogP contribution in [0, 0.1) is 6.92 Å². The highest BCUT2D eigenvalue weighted by atomic mass is 16.5. The van der Waals surface area contributed by atoms with Crippen LogP contribution in [-0.2, 0) is 6.42 Å². The smallest absolute Gasteiger partial charge is 0.118 e. The summed E-state index contributed by atoms with van der Waals surface area (Å²) in [6, 6.07) is 14.7. The molecular weight excluding hydrogens is 222 g/mol. The van der Waals surface area contributed by atoms with Crippen LogP contribution >= 0.6 is 0 Å². The molecule has 94 valence electrons. The van der Waals surface area contributed by atoms with E-state index < -0.39 is 0 Å². The van der Waals surface area contributed by atoms with Crippen LogP contribution in [0.4, 0.5) is 0 Å². The second-order valence-corrected chi connectivity index (χ2v) is 4.43. The molecule has 0 saturated heterocycles. The Morgan fingerprint density at radius 1 is 1.06 bits per heavy atom. The summed E-state index contributed by atoms with van der Waals surface area (Å²) in [7, 11) is 1.68. The first kappa shape index (κ1) is 12.7. The van der Waals surface area contributed by atoms with Gasteiger partial charge >= 0.3 is 0 Å². The Labute approximate surface area is 108 Å². The highest BCUT2D eigenvalue weighted by Crippen LogP contribution is 2.27. The molecule has 0 aromatic heterocycles. The summed E-state index contributed by atoms with van der Waals surface area (Å²) in [6.45, 7) is 2.78. The van der Waals surface area contributed by atoms with Gasteiger partial charge in [0.05, 0.1) is 7.11 Å². The number of hydrogen-bond acceptors (Lipinski definition) is 2. The van der Waals surface area contributed by atoms with Gasteiger partial charge in [0, 0.05) is 0 Å². The molecule has 2 N–H and O–H groups in total. The monoisotopic (exact) mass is 241 g/mol. The van der Waals surface area contributed by atoms with E-state index in [9.17, 15) is 0 Å². The number of rotatable bonds is 4. The SMILES string of the molecule is COc1ccc(-c2cc(C)ccc2CCN)cc1. The zero-order chi connectivity index (χ0) is 13.0. The van der Waals surface area contributed by atoms with Crippen molar-refractivity contribution in [2.45, 2.75) is 13.3 Å². The number of methoxy groups -OCH3 is 1. The zero-order valence-electron chi connectivity index (χ0n) is 10.9. The van der Waals surface area contributed by atoms with Gasteiger partial charge in [-0.3, -0.25) is 0 Å². The molecule has 0 atom stereocenters. The van der Waals surface area contributed by atoms with Crippen LogP contribution in [0.5, 0.6) is 5.75 Å². The van der Waals surface area contributed by atoms with Crippen molar-refractivity contribution in [2.24, 2.45) is 5.73 Å². The van der Waals surface area contributed by atoms with Crippen LogP contribution < -0.4 is 10.5 Å². The summed E-state index contributed by atoms with van der Waals surface area (Å²) < 4.78 is 5.19. The summed E-state index contributed by atoms with van der Waals surface area (Å²) in [5, 5.41) is 0. The lowest BCUT2D eigenvalue weighted by atomic mass is 9.96. The van der Waals surface area contributed by atoms with Crippen molar-refractivity contribution in [1.82, 2.24) is 0 Å². The maximum atomic E-state index is 5.67.